The highest BCUT2D eigenvalue weighted by atomic mass is 32.2. The van der Waals surface area contributed by atoms with Gasteiger partial charge in [0.05, 0.1) is 10.3 Å². The van der Waals surface area contributed by atoms with Gasteiger partial charge in [-0.05, 0) is 30.5 Å². The normalized spacial score (nSPS) is 17.5. The molecule has 0 aliphatic carbocycles. The van der Waals surface area contributed by atoms with Gasteiger partial charge in [-0.15, -0.1) is 10.2 Å². The van der Waals surface area contributed by atoms with Gasteiger partial charge in [-0.2, -0.15) is 17.8 Å². The van der Waals surface area contributed by atoms with E-state index in [1.54, 1.807) is 25.1 Å². The van der Waals surface area contributed by atoms with Crippen molar-refractivity contribution in [1.29, 1.82) is 0 Å². The molecule has 0 N–H and O–H groups in total. The molecule has 2 heterocycles. The zero-order valence-corrected chi connectivity index (χ0v) is 16.3. The van der Waals surface area contributed by atoms with Crippen molar-refractivity contribution in [3.8, 4) is 0 Å². The van der Waals surface area contributed by atoms with Crippen LogP contribution in [0.2, 0.25) is 0 Å². The Morgan fingerprint density at radius 3 is 2.14 bits per heavy atom. The molecule has 0 saturated carbocycles. The molecule has 1 aromatic heterocycles. The highest BCUT2D eigenvalue weighted by Gasteiger charge is 2.43. The summed E-state index contributed by atoms with van der Waals surface area (Å²) in [5, 5.41) is 9.76. The van der Waals surface area contributed by atoms with Crippen LogP contribution < -0.4 is 0 Å². The second kappa shape index (κ2) is 7.46. The van der Waals surface area contributed by atoms with Crippen LogP contribution in [0.4, 0.5) is 0 Å². The minimum atomic E-state index is -3.85. The van der Waals surface area contributed by atoms with Gasteiger partial charge in [0, 0.05) is 20.0 Å². The second-order valence-corrected chi connectivity index (χ2v) is 8.37. The summed E-state index contributed by atoms with van der Waals surface area (Å²) in [5.74, 6) is 1.07. The van der Waals surface area contributed by atoms with E-state index < -0.39 is 15.5 Å². The van der Waals surface area contributed by atoms with Crippen molar-refractivity contribution in [2.24, 2.45) is 0 Å². The molecule has 0 atom stereocenters. The van der Waals surface area contributed by atoms with E-state index in [4.69, 9.17) is 8.70 Å². The van der Waals surface area contributed by atoms with E-state index in [1.807, 2.05) is 30.3 Å². The van der Waals surface area contributed by atoms with Crippen LogP contribution in [0, 0.1) is 6.92 Å². The van der Waals surface area contributed by atoms with E-state index in [0.717, 1.165) is 5.56 Å². The Morgan fingerprint density at radius 1 is 0.964 bits per heavy atom. The third-order valence-corrected chi connectivity index (χ3v) is 6.33. The zero-order chi connectivity index (χ0) is 19.6. The highest BCUT2D eigenvalue weighted by molar-refractivity contribution is 7.86. The van der Waals surface area contributed by atoms with Crippen LogP contribution in [0.15, 0.2) is 70.0 Å². The number of aromatic nitrogens is 2. The molecule has 0 radical (unpaired) electrons. The molecule has 2 aromatic carbocycles. The standard InChI is InChI=1S/C20H21N3O4S/c1-16-21-22-19(26-16)20(17-8-4-2-5-9-17)12-14-23(15-13-20)27-28(24,25)18-10-6-3-7-11-18/h2-11H,12-15H2,1H3. The quantitative estimate of drug-likeness (QED) is 0.652. The maximum Gasteiger partial charge on any atom is 0.313 e. The summed E-state index contributed by atoms with van der Waals surface area (Å²) in [6.07, 6.45) is 1.20. The summed E-state index contributed by atoms with van der Waals surface area (Å²) in [4.78, 5) is 0.141. The molecule has 1 saturated heterocycles. The van der Waals surface area contributed by atoms with Gasteiger partial charge in [-0.25, -0.2) is 0 Å². The van der Waals surface area contributed by atoms with E-state index in [1.165, 1.54) is 17.2 Å². The minimum absolute atomic E-state index is 0.141. The lowest BCUT2D eigenvalue weighted by molar-refractivity contribution is -0.0787. The zero-order valence-electron chi connectivity index (χ0n) is 15.5. The summed E-state index contributed by atoms with van der Waals surface area (Å²) in [5.41, 5.74) is 0.614. The molecule has 4 rings (SSSR count). The van der Waals surface area contributed by atoms with Crippen molar-refractivity contribution in [3.63, 3.8) is 0 Å². The fourth-order valence-electron chi connectivity index (χ4n) is 3.58. The van der Waals surface area contributed by atoms with Gasteiger partial charge in [-0.1, -0.05) is 48.5 Å². The fraction of sp³-hybridized carbons (Fsp3) is 0.300. The monoisotopic (exact) mass is 399 g/mol. The van der Waals surface area contributed by atoms with Crippen LogP contribution in [-0.4, -0.2) is 36.8 Å². The average Bonchev–Trinajstić information content (AvgIpc) is 3.17. The number of hydroxylamine groups is 2. The van der Waals surface area contributed by atoms with Gasteiger partial charge in [0.15, 0.2) is 0 Å². The summed E-state index contributed by atoms with van der Waals surface area (Å²) >= 11 is 0. The number of benzene rings is 2. The van der Waals surface area contributed by atoms with Crippen molar-refractivity contribution >= 4 is 10.1 Å². The van der Waals surface area contributed by atoms with Crippen molar-refractivity contribution in [2.75, 3.05) is 13.1 Å². The van der Waals surface area contributed by atoms with Gasteiger partial charge < -0.3 is 4.42 Å². The Kier molecular flexibility index (Phi) is 5.01. The van der Waals surface area contributed by atoms with Crippen molar-refractivity contribution in [1.82, 2.24) is 15.3 Å². The SMILES string of the molecule is Cc1nnc(C2(c3ccccc3)CCN(OS(=O)(=O)c3ccccc3)CC2)o1. The number of nitrogens with zero attached hydrogens (tertiary/aromatic N) is 3. The summed E-state index contributed by atoms with van der Waals surface area (Å²) in [6, 6.07) is 18.1. The predicted octanol–water partition coefficient (Wildman–Crippen LogP) is 3.08. The first-order valence-corrected chi connectivity index (χ1v) is 10.5. The van der Waals surface area contributed by atoms with Crippen molar-refractivity contribution in [3.05, 3.63) is 78.0 Å². The first kappa shape index (κ1) is 18.8. The van der Waals surface area contributed by atoms with Gasteiger partial charge in [0.25, 0.3) is 0 Å². The molecular formula is C20H21N3O4S. The lowest BCUT2D eigenvalue weighted by Crippen LogP contribution is -2.44. The Labute approximate surface area is 164 Å². The number of piperidine rings is 1. The molecule has 0 spiro atoms. The predicted molar refractivity (Wildman–Crippen MR) is 102 cm³/mol. The minimum Gasteiger partial charge on any atom is -0.425 e. The molecule has 8 heteroatoms. The first-order chi connectivity index (χ1) is 13.5. The van der Waals surface area contributed by atoms with Crippen molar-refractivity contribution in [2.45, 2.75) is 30.1 Å². The van der Waals surface area contributed by atoms with Crippen LogP contribution >= 0.6 is 0 Å². The number of aryl methyl sites for hydroxylation is 1. The van der Waals surface area contributed by atoms with Crippen LogP contribution in [0.5, 0.6) is 0 Å². The lowest BCUT2D eigenvalue weighted by atomic mass is 9.73. The van der Waals surface area contributed by atoms with Gasteiger partial charge in [-0.3, -0.25) is 0 Å². The smallest absolute Gasteiger partial charge is 0.313 e. The molecular weight excluding hydrogens is 378 g/mol. The topological polar surface area (TPSA) is 85.5 Å². The van der Waals surface area contributed by atoms with E-state index in [0.29, 0.717) is 37.7 Å². The molecule has 0 amide bonds. The van der Waals surface area contributed by atoms with Crippen molar-refractivity contribution < 1.29 is 17.1 Å². The molecule has 3 aromatic rings. The fourth-order valence-corrected chi connectivity index (χ4v) is 4.59. The van der Waals surface area contributed by atoms with Crippen LogP contribution in [0.1, 0.15) is 30.2 Å². The lowest BCUT2D eigenvalue weighted by Gasteiger charge is -2.38. The Morgan fingerprint density at radius 2 is 1.57 bits per heavy atom. The first-order valence-electron chi connectivity index (χ1n) is 9.10. The third kappa shape index (κ3) is 3.58. The molecule has 0 bridgehead atoms. The van der Waals surface area contributed by atoms with Gasteiger partial charge >= 0.3 is 10.1 Å². The largest absolute Gasteiger partial charge is 0.425 e. The van der Waals surface area contributed by atoms with Crippen LogP contribution in [-0.2, 0) is 19.8 Å². The van der Waals surface area contributed by atoms with Gasteiger partial charge in [0.2, 0.25) is 11.8 Å². The highest BCUT2D eigenvalue weighted by Crippen LogP contribution is 2.41. The second-order valence-electron chi connectivity index (χ2n) is 6.85. The Hall–Kier alpha value is -2.55. The molecule has 1 fully saturated rings. The van der Waals surface area contributed by atoms with Gasteiger partial charge in [0.1, 0.15) is 0 Å². The van der Waals surface area contributed by atoms with E-state index in [-0.39, 0.29) is 4.90 Å². The van der Waals surface area contributed by atoms with Crippen LogP contribution in [0.25, 0.3) is 0 Å². The molecule has 7 nitrogen and oxygen atoms in total. The van der Waals surface area contributed by atoms with Crippen LogP contribution in [0.3, 0.4) is 0 Å². The number of hydrogen-bond acceptors (Lipinski definition) is 7. The maximum absolute atomic E-state index is 12.5. The van der Waals surface area contributed by atoms with E-state index in [2.05, 4.69) is 10.2 Å². The maximum atomic E-state index is 12.5. The molecule has 28 heavy (non-hydrogen) atoms. The molecule has 1 aliphatic rings. The average molecular weight is 399 g/mol. The summed E-state index contributed by atoms with van der Waals surface area (Å²) in [7, 11) is -3.85. The molecule has 1 aliphatic heterocycles. The summed E-state index contributed by atoms with van der Waals surface area (Å²) < 4.78 is 36.2. The third-order valence-electron chi connectivity index (χ3n) is 5.07. The molecule has 0 unspecified atom stereocenters. The summed E-state index contributed by atoms with van der Waals surface area (Å²) in [6.45, 7) is 2.60. The Bertz CT molecular complexity index is 1030. The number of hydrogen-bond donors (Lipinski definition) is 0. The molecule has 146 valence electrons. The van der Waals surface area contributed by atoms with E-state index >= 15 is 0 Å². The Balaban J connectivity index is 1.56. The van der Waals surface area contributed by atoms with E-state index in [9.17, 15) is 8.42 Å². The number of rotatable bonds is 5.